The van der Waals surface area contributed by atoms with Crippen LogP contribution in [0.25, 0.3) is 0 Å². The highest BCUT2D eigenvalue weighted by atomic mass is 32.2. The second-order valence-electron chi connectivity index (χ2n) is 9.11. The average Bonchev–Trinajstić information content (AvgIpc) is 3.23. The van der Waals surface area contributed by atoms with E-state index in [1.807, 2.05) is 0 Å². The molecule has 0 saturated heterocycles. The van der Waals surface area contributed by atoms with Crippen molar-refractivity contribution in [2.75, 3.05) is 12.3 Å². The van der Waals surface area contributed by atoms with Gasteiger partial charge in [-0.25, -0.2) is 18.0 Å². The summed E-state index contributed by atoms with van der Waals surface area (Å²) in [6.45, 7) is 6.13. The summed E-state index contributed by atoms with van der Waals surface area (Å²) in [5, 5.41) is 24.2. The third kappa shape index (κ3) is 8.17. The number of nitrogens with one attached hydrogen (secondary N) is 1. The number of alkyl carbamates (subject to hydrolysis) is 1. The van der Waals surface area contributed by atoms with Crippen LogP contribution < -0.4 is 5.32 Å². The molecule has 0 saturated carbocycles. The molecule has 1 amide bonds. The van der Waals surface area contributed by atoms with Gasteiger partial charge in [0.2, 0.25) is 0 Å². The highest BCUT2D eigenvalue weighted by molar-refractivity contribution is 8.14. The number of hydrogen-bond donors (Lipinski definition) is 2. The number of rotatable bonds is 12. The van der Waals surface area contributed by atoms with Crippen LogP contribution in [0, 0.1) is 10.1 Å². The Morgan fingerprint density at radius 2 is 2.00 bits per heavy atom. The number of ether oxygens (including phenoxy) is 1. The second-order valence-corrected chi connectivity index (χ2v) is 12.1. The van der Waals surface area contributed by atoms with Crippen LogP contribution in [0.5, 0.6) is 0 Å². The zero-order chi connectivity index (χ0) is 27.1. The number of sulfonamides is 1. The van der Waals surface area contributed by atoms with Gasteiger partial charge in [-0.3, -0.25) is 15.1 Å². The normalized spacial score (nSPS) is 16.9. The molecule has 2 atom stereocenters. The van der Waals surface area contributed by atoms with Crippen LogP contribution in [0.1, 0.15) is 53.4 Å². The molecule has 1 aliphatic heterocycles. The van der Waals surface area contributed by atoms with E-state index in [4.69, 9.17) is 4.74 Å². The molecule has 14 heteroatoms. The number of aliphatic carboxylic acids is 1. The van der Waals surface area contributed by atoms with E-state index in [-0.39, 0.29) is 5.75 Å². The number of unbranched alkanes of at least 4 members (excludes halogenated alkanes) is 2. The van der Waals surface area contributed by atoms with Gasteiger partial charge in [0.25, 0.3) is 15.7 Å². The Morgan fingerprint density at radius 3 is 2.58 bits per heavy atom. The zero-order valence-corrected chi connectivity index (χ0v) is 22.3. The van der Waals surface area contributed by atoms with E-state index < -0.39 is 61.9 Å². The summed E-state index contributed by atoms with van der Waals surface area (Å²) in [4.78, 5) is 38.9. The fourth-order valence-electron chi connectivity index (χ4n) is 3.37. The van der Waals surface area contributed by atoms with Gasteiger partial charge in [-0.05, 0) is 39.7 Å². The number of carbonyl (C=O) groups excluding carboxylic acids is 1. The van der Waals surface area contributed by atoms with E-state index in [1.54, 1.807) is 20.8 Å². The van der Waals surface area contributed by atoms with Gasteiger partial charge in [0, 0.05) is 18.4 Å². The SMILES string of the molecule is CCCCCC1=NC(N(CC(NC(=O)OC(C)(C)C)C(=O)O)S(=O)(=O)c2ccccc2[N+](=O)[O-])CS1. The molecule has 0 aromatic heterocycles. The first kappa shape index (κ1) is 29.5. The Bertz CT molecular complexity index is 1100. The van der Waals surface area contributed by atoms with Crippen molar-refractivity contribution < 1.29 is 32.8 Å². The maximum absolute atomic E-state index is 13.7. The van der Waals surface area contributed by atoms with E-state index in [9.17, 15) is 33.2 Å². The number of benzene rings is 1. The summed E-state index contributed by atoms with van der Waals surface area (Å²) in [7, 11) is -4.59. The molecule has 2 N–H and O–H groups in total. The Hall–Kier alpha value is -2.71. The number of carboxylic acid groups (broad SMARTS) is 1. The van der Waals surface area contributed by atoms with Gasteiger partial charge in [-0.2, -0.15) is 4.31 Å². The number of para-hydroxylation sites is 1. The van der Waals surface area contributed by atoms with Crippen molar-refractivity contribution in [1.29, 1.82) is 0 Å². The molecule has 2 unspecified atom stereocenters. The quantitative estimate of drug-likeness (QED) is 0.227. The maximum atomic E-state index is 13.7. The number of carbonyl (C=O) groups is 2. The molecule has 0 fully saturated rings. The molecule has 1 heterocycles. The first-order valence-electron chi connectivity index (χ1n) is 11.4. The highest BCUT2D eigenvalue weighted by Gasteiger charge is 2.41. The van der Waals surface area contributed by atoms with Crippen molar-refractivity contribution in [2.24, 2.45) is 4.99 Å². The van der Waals surface area contributed by atoms with Gasteiger partial charge < -0.3 is 15.2 Å². The first-order valence-corrected chi connectivity index (χ1v) is 13.9. The minimum absolute atomic E-state index is 0.208. The fourth-order valence-corrected chi connectivity index (χ4v) is 6.24. The molecule has 12 nitrogen and oxygen atoms in total. The Kier molecular flexibility index (Phi) is 10.3. The van der Waals surface area contributed by atoms with Crippen LogP contribution in [0.4, 0.5) is 10.5 Å². The molecule has 0 aliphatic carbocycles. The number of amides is 1. The lowest BCUT2D eigenvalue weighted by atomic mass is 10.2. The lowest BCUT2D eigenvalue weighted by molar-refractivity contribution is -0.387. The van der Waals surface area contributed by atoms with Crippen LogP contribution in [-0.2, 0) is 19.6 Å². The van der Waals surface area contributed by atoms with E-state index in [1.165, 1.54) is 23.9 Å². The summed E-state index contributed by atoms with van der Waals surface area (Å²) < 4.78 is 33.3. The zero-order valence-electron chi connectivity index (χ0n) is 20.7. The van der Waals surface area contributed by atoms with E-state index >= 15 is 0 Å². The van der Waals surface area contributed by atoms with Gasteiger partial charge >= 0.3 is 12.1 Å². The van der Waals surface area contributed by atoms with Gasteiger partial charge in [0.05, 0.1) is 9.97 Å². The van der Waals surface area contributed by atoms with Crippen LogP contribution >= 0.6 is 11.8 Å². The van der Waals surface area contributed by atoms with Crippen LogP contribution in [-0.4, -0.2) is 70.0 Å². The van der Waals surface area contributed by atoms with Gasteiger partial charge in [0.15, 0.2) is 4.90 Å². The number of nitro groups is 1. The third-order valence-electron chi connectivity index (χ3n) is 5.02. The number of carboxylic acids is 1. The maximum Gasteiger partial charge on any atom is 0.408 e. The van der Waals surface area contributed by atoms with Crippen molar-refractivity contribution in [3.63, 3.8) is 0 Å². The lowest BCUT2D eigenvalue weighted by Crippen LogP contribution is -2.53. The molecule has 0 spiro atoms. The first-order chi connectivity index (χ1) is 16.8. The smallest absolute Gasteiger partial charge is 0.408 e. The van der Waals surface area contributed by atoms with E-state index in [0.717, 1.165) is 40.7 Å². The van der Waals surface area contributed by atoms with Gasteiger partial charge in [-0.15, -0.1) is 11.8 Å². The molecule has 0 bridgehead atoms. The summed E-state index contributed by atoms with van der Waals surface area (Å²) in [6.07, 6.45) is 1.44. The molecule has 0 radical (unpaired) electrons. The van der Waals surface area contributed by atoms with Crippen molar-refractivity contribution in [3.8, 4) is 0 Å². The molecular formula is C22H32N4O8S2. The molecular weight excluding hydrogens is 512 g/mol. The van der Waals surface area contributed by atoms with Crippen LogP contribution in [0.3, 0.4) is 0 Å². The van der Waals surface area contributed by atoms with Crippen molar-refractivity contribution >= 4 is 44.6 Å². The predicted octanol–water partition coefficient (Wildman–Crippen LogP) is 3.62. The molecule has 36 heavy (non-hydrogen) atoms. The van der Waals surface area contributed by atoms with Crippen LogP contribution in [0.2, 0.25) is 0 Å². The largest absolute Gasteiger partial charge is 0.480 e. The summed E-state index contributed by atoms with van der Waals surface area (Å²) >= 11 is 1.36. The molecule has 1 aromatic rings. The molecule has 2 rings (SSSR count). The molecule has 1 aliphatic rings. The number of nitro benzene ring substituents is 1. The van der Waals surface area contributed by atoms with Gasteiger partial charge in [0.1, 0.15) is 17.8 Å². The Labute approximate surface area is 214 Å². The summed E-state index contributed by atoms with van der Waals surface area (Å²) in [5.74, 6) is -1.29. The van der Waals surface area contributed by atoms with Gasteiger partial charge in [-0.1, -0.05) is 31.9 Å². The van der Waals surface area contributed by atoms with Crippen molar-refractivity contribution in [2.45, 2.75) is 76.1 Å². The molecule has 200 valence electrons. The van der Waals surface area contributed by atoms with E-state index in [2.05, 4.69) is 17.2 Å². The van der Waals surface area contributed by atoms with Crippen LogP contribution in [0.15, 0.2) is 34.2 Å². The Balaban J connectivity index is 2.46. The minimum Gasteiger partial charge on any atom is -0.480 e. The number of thioether (sulfide) groups is 1. The lowest BCUT2D eigenvalue weighted by Gasteiger charge is -2.29. The Morgan fingerprint density at radius 1 is 1.33 bits per heavy atom. The summed E-state index contributed by atoms with van der Waals surface area (Å²) in [6, 6.07) is 3.13. The predicted molar refractivity (Wildman–Crippen MR) is 136 cm³/mol. The highest BCUT2D eigenvalue weighted by Crippen LogP contribution is 2.32. The third-order valence-corrected chi connectivity index (χ3v) is 8.04. The average molecular weight is 545 g/mol. The standard InChI is InChI=1S/C22H32N4O8S2/c1-5-6-7-12-19-24-18(14-35-19)25(13-15(20(27)28)23-21(29)34-22(2,3)4)36(32,33)17-11-9-8-10-16(17)26(30)31/h8-11,15,18H,5-7,12-14H2,1-4H3,(H,23,29)(H,27,28). The number of aliphatic imine (C=N–C) groups is 1. The second kappa shape index (κ2) is 12.5. The fraction of sp³-hybridized carbons (Fsp3) is 0.591. The summed E-state index contributed by atoms with van der Waals surface area (Å²) in [5.41, 5.74) is -1.56. The van der Waals surface area contributed by atoms with Crippen molar-refractivity contribution in [1.82, 2.24) is 9.62 Å². The topological polar surface area (TPSA) is 169 Å². The monoisotopic (exact) mass is 544 g/mol. The number of nitrogens with zero attached hydrogens (tertiary/aromatic N) is 3. The number of hydrogen-bond acceptors (Lipinski definition) is 9. The minimum atomic E-state index is -4.59. The van der Waals surface area contributed by atoms with E-state index in [0.29, 0.717) is 6.42 Å². The van der Waals surface area contributed by atoms with Crippen molar-refractivity contribution in [3.05, 3.63) is 34.4 Å². The molecule has 1 aromatic carbocycles.